The fourth-order valence-electron chi connectivity index (χ4n) is 1.83. The molecule has 1 unspecified atom stereocenters. The van der Waals surface area contributed by atoms with Crippen molar-refractivity contribution in [2.45, 2.75) is 33.6 Å². The van der Waals surface area contributed by atoms with Gasteiger partial charge in [0.25, 0.3) is 0 Å². The van der Waals surface area contributed by atoms with Gasteiger partial charge in [-0.15, -0.1) is 0 Å². The zero-order valence-electron chi connectivity index (χ0n) is 10.5. The molecule has 0 saturated heterocycles. The second kappa shape index (κ2) is 6.64. The first-order chi connectivity index (χ1) is 7.63. The number of aryl methyl sites for hydroxylation is 1. The molecule has 0 aliphatic rings. The quantitative estimate of drug-likeness (QED) is 0.730. The van der Waals surface area contributed by atoms with E-state index in [1.807, 2.05) is 19.1 Å². The predicted octanol–water partition coefficient (Wildman–Crippen LogP) is 3.31. The molecule has 0 aliphatic heterocycles. The van der Waals surface area contributed by atoms with Gasteiger partial charge in [0, 0.05) is 0 Å². The first-order valence-electron chi connectivity index (χ1n) is 6.09. The molecule has 1 aromatic rings. The summed E-state index contributed by atoms with van der Waals surface area (Å²) in [6.07, 6.45) is 2.18. The van der Waals surface area contributed by atoms with Gasteiger partial charge in [-0.05, 0) is 56.0 Å². The Morgan fingerprint density at radius 3 is 2.75 bits per heavy atom. The predicted molar refractivity (Wildman–Crippen MR) is 67.2 cm³/mol. The molecule has 2 heteroatoms. The second-order valence-corrected chi connectivity index (χ2v) is 4.60. The first kappa shape index (κ1) is 13.2. The van der Waals surface area contributed by atoms with Gasteiger partial charge in [-0.1, -0.05) is 26.0 Å². The average molecular weight is 223 g/mol. The van der Waals surface area contributed by atoms with Gasteiger partial charge in [-0.3, -0.25) is 0 Å². The van der Waals surface area contributed by atoms with Crippen LogP contribution in [0.2, 0.25) is 0 Å². The molecule has 1 aromatic carbocycles. The Morgan fingerprint density at radius 1 is 1.38 bits per heavy atom. The lowest BCUT2D eigenvalue weighted by molar-refractivity contribution is 0.510. The van der Waals surface area contributed by atoms with Gasteiger partial charge < -0.3 is 5.32 Å². The average Bonchev–Trinajstić information content (AvgIpc) is 2.24. The first-order valence-corrected chi connectivity index (χ1v) is 6.09. The van der Waals surface area contributed by atoms with Crippen LogP contribution in [0.1, 0.15) is 31.4 Å². The topological polar surface area (TPSA) is 12.0 Å². The number of hydrogen-bond acceptors (Lipinski definition) is 1. The minimum atomic E-state index is -0.111. The number of halogens is 1. The molecule has 0 aromatic heterocycles. The molecule has 1 atom stereocenters. The highest BCUT2D eigenvalue weighted by atomic mass is 19.1. The van der Waals surface area contributed by atoms with Gasteiger partial charge in [0.1, 0.15) is 5.82 Å². The van der Waals surface area contributed by atoms with Crippen LogP contribution in [0.4, 0.5) is 4.39 Å². The van der Waals surface area contributed by atoms with Gasteiger partial charge >= 0.3 is 0 Å². The van der Waals surface area contributed by atoms with Gasteiger partial charge in [-0.25, -0.2) is 4.39 Å². The van der Waals surface area contributed by atoms with Gasteiger partial charge in [0.15, 0.2) is 0 Å². The second-order valence-electron chi connectivity index (χ2n) is 4.60. The van der Waals surface area contributed by atoms with Crippen LogP contribution in [0.3, 0.4) is 0 Å². The SMILES string of the molecule is CCCNCC(C)Cc1ccc(F)c(C)c1. The molecule has 1 N–H and O–H groups in total. The molecule has 0 aliphatic carbocycles. The van der Waals surface area contributed by atoms with Crippen LogP contribution in [0, 0.1) is 18.7 Å². The molecule has 0 saturated carbocycles. The molecule has 0 amide bonds. The van der Waals surface area contributed by atoms with Crippen molar-refractivity contribution in [3.63, 3.8) is 0 Å². The van der Waals surface area contributed by atoms with Crippen LogP contribution in [-0.4, -0.2) is 13.1 Å². The third-order valence-corrected chi connectivity index (χ3v) is 2.73. The summed E-state index contributed by atoms with van der Waals surface area (Å²) >= 11 is 0. The van der Waals surface area contributed by atoms with Crippen molar-refractivity contribution < 1.29 is 4.39 Å². The van der Waals surface area contributed by atoms with Crippen molar-refractivity contribution >= 4 is 0 Å². The summed E-state index contributed by atoms with van der Waals surface area (Å²) in [5.74, 6) is 0.483. The Morgan fingerprint density at radius 2 is 2.12 bits per heavy atom. The summed E-state index contributed by atoms with van der Waals surface area (Å²) in [6, 6.07) is 5.40. The smallest absolute Gasteiger partial charge is 0.126 e. The van der Waals surface area contributed by atoms with E-state index in [0.717, 1.165) is 25.1 Å². The molecule has 0 spiro atoms. The highest BCUT2D eigenvalue weighted by molar-refractivity contribution is 5.24. The molecule has 0 heterocycles. The van der Waals surface area contributed by atoms with Crippen LogP contribution in [0.5, 0.6) is 0 Å². The fraction of sp³-hybridized carbons (Fsp3) is 0.571. The molecule has 0 fully saturated rings. The van der Waals surface area contributed by atoms with Crippen molar-refractivity contribution in [1.29, 1.82) is 0 Å². The zero-order valence-corrected chi connectivity index (χ0v) is 10.5. The van der Waals surface area contributed by atoms with E-state index in [1.165, 1.54) is 12.0 Å². The standard InChI is InChI=1S/C14H22FN/c1-4-7-16-10-11(2)8-13-5-6-14(15)12(3)9-13/h5-6,9,11,16H,4,7-8,10H2,1-3H3. The Kier molecular flexibility index (Phi) is 5.47. The van der Waals surface area contributed by atoms with Crippen molar-refractivity contribution in [3.05, 3.63) is 35.1 Å². The summed E-state index contributed by atoms with van der Waals surface area (Å²) in [5.41, 5.74) is 1.97. The molecule has 0 bridgehead atoms. The summed E-state index contributed by atoms with van der Waals surface area (Å²) in [5, 5.41) is 3.41. The van der Waals surface area contributed by atoms with E-state index in [4.69, 9.17) is 0 Å². The molecule has 1 rings (SSSR count). The molecule has 90 valence electrons. The Balaban J connectivity index is 2.43. The van der Waals surface area contributed by atoms with Crippen molar-refractivity contribution in [2.24, 2.45) is 5.92 Å². The Bertz CT molecular complexity index is 323. The Labute approximate surface area is 98.1 Å². The van der Waals surface area contributed by atoms with Gasteiger partial charge in [0.2, 0.25) is 0 Å². The van der Waals surface area contributed by atoms with E-state index in [2.05, 4.69) is 19.2 Å². The van der Waals surface area contributed by atoms with E-state index in [0.29, 0.717) is 5.92 Å². The maximum absolute atomic E-state index is 13.1. The lowest BCUT2D eigenvalue weighted by atomic mass is 9.99. The third-order valence-electron chi connectivity index (χ3n) is 2.73. The summed E-state index contributed by atoms with van der Waals surface area (Å²) in [6.45, 7) is 8.32. The van der Waals surface area contributed by atoms with Crippen LogP contribution >= 0.6 is 0 Å². The summed E-state index contributed by atoms with van der Waals surface area (Å²) in [7, 11) is 0. The maximum Gasteiger partial charge on any atom is 0.126 e. The van der Waals surface area contributed by atoms with Crippen LogP contribution in [0.15, 0.2) is 18.2 Å². The van der Waals surface area contributed by atoms with E-state index in [-0.39, 0.29) is 5.82 Å². The monoisotopic (exact) mass is 223 g/mol. The summed E-state index contributed by atoms with van der Waals surface area (Å²) in [4.78, 5) is 0. The summed E-state index contributed by atoms with van der Waals surface area (Å²) < 4.78 is 13.1. The van der Waals surface area contributed by atoms with E-state index < -0.39 is 0 Å². The lowest BCUT2D eigenvalue weighted by Gasteiger charge is -2.12. The van der Waals surface area contributed by atoms with Gasteiger partial charge in [-0.2, -0.15) is 0 Å². The Hall–Kier alpha value is -0.890. The van der Waals surface area contributed by atoms with Crippen LogP contribution in [-0.2, 0) is 6.42 Å². The van der Waals surface area contributed by atoms with E-state index in [1.54, 1.807) is 6.07 Å². The third kappa shape index (κ3) is 4.31. The normalized spacial score (nSPS) is 12.8. The van der Waals surface area contributed by atoms with Crippen molar-refractivity contribution in [1.82, 2.24) is 5.32 Å². The highest BCUT2D eigenvalue weighted by Crippen LogP contribution is 2.13. The molecule has 0 radical (unpaired) electrons. The fourth-order valence-corrected chi connectivity index (χ4v) is 1.83. The number of hydrogen-bond donors (Lipinski definition) is 1. The van der Waals surface area contributed by atoms with Crippen molar-refractivity contribution in [3.8, 4) is 0 Å². The highest BCUT2D eigenvalue weighted by Gasteiger charge is 2.05. The molecule has 1 nitrogen and oxygen atoms in total. The van der Waals surface area contributed by atoms with E-state index in [9.17, 15) is 4.39 Å². The minimum absolute atomic E-state index is 0.111. The van der Waals surface area contributed by atoms with E-state index >= 15 is 0 Å². The molecular formula is C14H22FN. The lowest BCUT2D eigenvalue weighted by Crippen LogP contribution is -2.23. The number of nitrogens with one attached hydrogen (secondary N) is 1. The van der Waals surface area contributed by atoms with Crippen LogP contribution < -0.4 is 5.32 Å². The number of benzene rings is 1. The van der Waals surface area contributed by atoms with Gasteiger partial charge in [0.05, 0.1) is 0 Å². The zero-order chi connectivity index (χ0) is 12.0. The molecular weight excluding hydrogens is 201 g/mol. The maximum atomic E-state index is 13.1. The van der Waals surface area contributed by atoms with Crippen molar-refractivity contribution in [2.75, 3.05) is 13.1 Å². The van der Waals surface area contributed by atoms with Crippen LogP contribution in [0.25, 0.3) is 0 Å². The number of rotatable bonds is 6. The largest absolute Gasteiger partial charge is 0.316 e. The minimum Gasteiger partial charge on any atom is -0.316 e. The molecule has 16 heavy (non-hydrogen) atoms.